The smallest absolute Gasteiger partial charge is 0.264 e. The van der Waals surface area contributed by atoms with Gasteiger partial charge in [-0.1, -0.05) is 24.3 Å². The second kappa shape index (κ2) is 5.38. The molecule has 0 aromatic heterocycles. The maximum atomic E-state index is 13.7. The van der Waals surface area contributed by atoms with Gasteiger partial charge in [0.2, 0.25) is 0 Å². The van der Waals surface area contributed by atoms with Crippen LogP contribution in [0.5, 0.6) is 0 Å². The van der Waals surface area contributed by atoms with Gasteiger partial charge in [0.05, 0.1) is 6.61 Å². The molecule has 0 saturated carbocycles. The lowest BCUT2D eigenvalue weighted by atomic mass is 10.2. The SMILES string of the molecule is O=S(=O)(Nc1ccccc1)c1ccc(CO)cc1F. The molecule has 0 aliphatic carbocycles. The van der Waals surface area contributed by atoms with E-state index in [2.05, 4.69) is 4.72 Å². The fourth-order valence-electron chi connectivity index (χ4n) is 1.58. The molecule has 2 N–H and O–H groups in total. The summed E-state index contributed by atoms with van der Waals surface area (Å²) < 4.78 is 40.0. The number of hydrogen-bond acceptors (Lipinski definition) is 3. The number of aliphatic hydroxyl groups is 1. The van der Waals surface area contributed by atoms with Crippen molar-refractivity contribution in [3.8, 4) is 0 Å². The van der Waals surface area contributed by atoms with Crippen LogP contribution in [0.1, 0.15) is 5.56 Å². The molecule has 0 aliphatic rings. The largest absolute Gasteiger partial charge is 0.392 e. The van der Waals surface area contributed by atoms with E-state index in [-0.39, 0.29) is 6.61 Å². The highest BCUT2D eigenvalue weighted by Gasteiger charge is 2.19. The third-order valence-corrected chi connectivity index (χ3v) is 3.91. The maximum Gasteiger partial charge on any atom is 0.264 e. The first-order valence-corrected chi connectivity index (χ1v) is 6.98. The number of aliphatic hydroxyl groups excluding tert-OH is 1. The Hall–Kier alpha value is -1.92. The summed E-state index contributed by atoms with van der Waals surface area (Å²) in [5, 5.41) is 8.86. The van der Waals surface area contributed by atoms with Crippen molar-refractivity contribution in [1.29, 1.82) is 0 Å². The molecular formula is C13H12FNO3S. The molecule has 0 spiro atoms. The van der Waals surface area contributed by atoms with Gasteiger partial charge < -0.3 is 5.11 Å². The summed E-state index contributed by atoms with van der Waals surface area (Å²) in [7, 11) is -3.98. The summed E-state index contributed by atoms with van der Waals surface area (Å²) in [5.41, 5.74) is 0.671. The van der Waals surface area contributed by atoms with Gasteiger partial charge >= 0.3 is 0 Å². The highest BCUT2D eigenvalue weighted by Crippen LogP contribution is 2.19. The molecule has 19 heavy (non-hydrogen) atoms. The van der Waals surface area contributed by atoms with Crippen LogP contribution in [0.3, 0.4) is 0 Å². The summed E-state index contributed by atoms with van der Waals surface area (Å²) in [4.78, 5) is -0.450. The Kier molecular flexibility index (Phi) is 3.82. The fourth-order valence-corrected chi connectivity index (χ4v) is 2.70. The van der Waals surface area contributed by atoms with E-state index in [9.17, 15) is 12.8 Å². The third kappa shape index (κ3) is 3.10. The van der Waals surface area contributed by atoms with Crippen LogP contribution in [0.4, 0.5) is 10.1 Å². The van der Waals surface area contributed by atoms with E-state index in [1.165, 1.54) is 6.07 Å². The Morgan fingerprint density at radius 3 is 2.37 bits per heavy atom. The standard InChI is InChI=1S/C13H12FNO3S/c14-12-8-10(9-16)6-7-13(12)19(17,18)15-11-4-2-1-3-5-11/h1-8,15-16H,9H2. The summed E-state index contributed by atoms with van der Waals surface area (Å²) in [6.07, 6.45) is 0. The van der Waals surface area contributed by atoms with Gasteiger partial charge in [-0.3, -0.25) is 4.72 Å². The molecule has 100 valence electrons. The van der Waals surface area contributed by atoms with Crippen LogP contribution in [0.25, 0.3) is 0 Å². The van der Waals surface area contributed by atoms with Gasteiger partial charge in [-0.25, -0.2) is 12.8 Å². The minimum Gasteiger partial charge on any atom is -0.392 e. The quantitative estimate of drug-likeness (QED) is 0.902. The Balaban J connectivity index is 2.35. The van der Waals surface area contributed by atoms with Crippen LogP contribution < -0.4 is 4.72 Å². The van der Waals surface area contributed by atoms with Gasteiger partial charge in [0, 0.05) is 5.69 Å². The lowest BCUT2D eigenvalue weighted by Gasteiger charge is -2.09. The molecule has 0 unspecified atom stereocenters. The van der Waals surface area contributed by atoms with E-state index >= 15 is 0 Å². The van der Waals surface area contributed by atoms with Crippen LogP contribution in [0, 0.1) is 5.82 Å². The first-order valence-electron chi connectivity index (χ1n) is 5.50. The minimum atomic E-state index is -3.98. The zero-order valence-electron chi connectivity index (χ0n) is 9.88. The molecule has 0 bridgehead atoms. The molecular weight excluding hydrogens is 269 g/mol. The second-order valence-electron chi connectivity index (χ2n) is 3.89. The molecule has 0 radical (unpaired) electrons. The lowest BCUT2D eigenvalue weighted by molar-refractivity contribution is 0.281. The number of sulfonamides is 1. The average Bonchev–Trinajstić information content (AvgIpc) is 2.38. The Morgan fingerprint density at radius 2 is 1.79 bits per heavy atom. The topological polar surface area (TPSA) is 66.4 Å². The van der Waals surface area contributed by atoms with Crippen molar-refractivity contribution in [3.63, 3.8) is 0 Å². The number of nitrogens with one attached hydrogen (secondary N) is 1. The highest BCUT2D eigenvalue weighted by atomic mass is 32.2. The predicted molar refractivity (Wildman–Crippen MR) is 69.6 cm³/mol. The molecule has 2 aromatic rings. The molecule has 2 rings (SSSR count). The Bertz CT molecular complexity index is 672. The molecule has 0 saturated heterocycles. The van der Waals surface area contributed by atoms with Crippen molar-refractivity contribution < 1.29 is 17.9 Å². The van der Waals surface area contributed by atoms with E-state index < -0.39 is 20.7 Å². The van der Waals surface area contributed by atoms with E-state index in [0.717, 1.165) is 12.1 Å². The first kappa shape index (κ1) is 13.5. The Labute approximate surface area is 110 Å². The van der Waals surface area contributed by atoms with Crippen molar-refractivity contribution in [3.05, 3.63) is 59.9 Å². The molecule has 2 aromatic carbocycles. The molecule has 0 aliphatic heterocycles. The van der Waals surface area contributed by atoms with E-state index in [0.29, 0.717) is 11.3 Å². The Morgan fingerprint density at radius 1 is 1.11 bits per heavy atom. The van der Waals surface area contributed by atoms with Crippen molar-refractivity contribution >= 4 is 15.7 Å². The third-order valence-electron chi connectivity index (χ3n) is 2.49. The summed E-state index contributed by atoms with van der Waals surface area (Å²) >= 11 is 0. The van der Waals surface area contributed by atoms with Crippen LogP contribution >= 0.6 is 0 Å². The van der Waals surface area contributed by atoms with Crippen molar-refractivity contribution in [2.45, 2.75) is 11.5 Å². The number of benzene rings is 2. The van der Waals surface area contributed by atoms with Gasteiger partial charge in [-0.2, -0.15) is 0 Å². The van der Waals surface area contributed by atoms with Crippen LogP contribution in [0.2, 0.25) is 0 Å². The van der Waals surface area contributed by atoms with E-state index in [1.807, 2.05) is 0 Å². The van der Waals surface area contributed by atoms with Crippen molar-refractivity contribution in [2.24, 2.45) is 0 Å². The van der Waals surface area contributed by atoms with E-state index in [1.54, 1.807) is 30.3 Å². The molecule has 6 heteroatoms. The molecule has 0 atom stereocenters. The van der Waals surface area contributed by atoms with E-state index in [4.69, 9.17) is 5.11 Å². The zero-order valence-corrected chi connectivity index (χ0v) is 10.7. The number of anilines is 1. The summed E-state index contributed by atoms with van der Waals surface area (Å²) in [6.45, 7) is -0.344. The van der Waals surface area contributed by atoms with Crippen molar-refractivity contribution in [2.75, 3.05) is 4.72 Å². The van der Waals surface area contributed by atoms with Crippen LogP contribution in [-0.2, 0) is 16.6 Å². The van der Waals surface area contributed by atoms with Crippen LogP contribution in [-0.4, -0.2) is 13.5 Å². The normalized spacial score (nSPS) is 11.3. The van der Waals surface area contributed by atoms with Gasteiger partial charge in [-0.05, 0) is 29.8 Å². The fraction of sp³-hybridized carbons (Fsp3) is 0.0769. The van der Waals surface area contributed by atoms with Gasteiger partial charge in [0.15, 0.2) is 0 Å². The second-order valence-corrected chi connectivity index (χ2v) is 5.55. The predicted octanol–water partition coefficient (Wildman–Crippen LogP) is 2.12. The number of rotatable bonds is 4. The molecule has 4 nitrogen and oxygen atoms in total. The first-order chi connectivity index (χ1) is 9.03. The number of halogens is 1. The zero-order chi connectivity index (χ0) is 13.9. The molecule has 0 heterocycles. The average molecular weight is 281 g/mol. The van der Waals surface area contributed by atoms with Crippen LogP contribution in [0.15, 0.2) is 53.4 Å². The van der Waals surface area contributed by atoms with Gasteiger partial charge in [-0.15, -0.1) is 0 Å². The number of hydrogen-bond donors (Lipinski definition) is 2. The van der Waals surface area contributed by atoms with Crippen molar-refractivity contribution in [1.82, 2.24) is 0 Å². The highest BCUT2D eigenvalue weighted by molar-refractivity contribution is 7.92. The van der Waals surface area contributed by atoms with Gasteiger partial charge in [0.1, 0.15) is 10.7 Å². The molecule has 0 amide bonds. The summed E-state index contributed by atoms with van der Waals surface area (Å²) in [6, 6.07) is 11.7. The maximum absolute atomic E-state index is 13.7. The molecule has 0 fully saturated rings. The number of para-hydroxylation sites is 1. The minimum absolute atomic E-state index is 0.316. The summed E-state index contributed by atoms with van der Waals surface area (Å²) in [5.74, 6) is -0.894. The monoisotopic (exact) mass is 281 g/mol. The lowest BCUT2D eigenvalue weighted by Crippen LogP contribution is -2.14. The van der Waals surface area contributed by atoms with Gasteiger partial charge in [0.25, 0.3) is 10.0 Å².